The van der Waals surface area contributed by atoms with Crippen molar-refractivity contribution in [2.75, 3.05) is 26.2 Å². The lowest BCUT2D eigenvalue weighted by Gasteiger charge is -2.39. The molecule has 0 radical (unpaired) electrons. The maximum absolute atomic E-state index is 12.8. The van der Waals surface area contributed by atoms with E-state index >= 15 is 0 Å². The second kappa shape index (κ2) is 10.1. The van der Waals surface area contributed by atoms with Crippen molar-refractivity contribution < 1.29 is 19.4 Å². The summed E-state index contributed by atoms with van der Waals surface area (Å²) >= 11 is 0. The molecule has 2 aliphatic rings. The van der Waals surface area contributed by atoms with E-state index in [9.17, 15) is 9.59 Å². The van der Waals surface area contributed by atoms with Gasteiger partial charge in [-0.2, -0.15) is 0 Å². The van der Waals surface area contributed by atoms with E-state index in [2.05, 4.69) is 0 Å². The van der Waals surface area contributed by atoms with E-state index in [1.165, 1.54) is 19.3 Å². The number of carbonyl (C=O) groups is 2. The fraction of sp³-hybridized carbons (Fsp3) is 0.895. The van der Waals surface area contributed by atoms with Crippen molar-refractivity contribution >= 4 is 11.9 Å². The summed E-state index contributed by atoms with van der Waals surface area (Å²) in [5, 5.41) is 9.02. The van der Waals surface area contributed by atoms with E-state index in [0.717, 1.165) is 38.6 Å². The molecule has 1 saturated carbocycles. The molecule has 1 heterocycles. The number of carbonyl (C=O) groups excluding carboxylic acids is 1. The molecule has 1 N–H and O–H groups in total. The molecule has 6 nitrogen and oxygen atoms in total. The first kappa shape index (κ1) is 20.2. The molecule has 1 amide bonds. The van der Waals surface area contributed by atoms with Crippen LogP contribution in [0.4, 0.5) is 0 Å². The van der Waals surface area contributed by atoms with Crippen LogP contribution < -0.4 is 0 Å². The summed E-state index contributed by atoms with van der Waals surface area (Å²) in [6.45, 7) is 6.22. The lowest BCUT2D eigenvalue weighted by Crippen LogP contribution is -2.50. The monoisotopic (exact) mass is 354 g/mol. The SMILES string of the molecule is CCC(OC1CCCCC1)C(=O)N1CCC(N(CC)CC(=O)O)CC1. The van der Waals surface area contributed by atoms with Crippen molar-refractivity contribution in [3.63, 3.8) is 0 Å². The van der Waals surface area contributed by atoms with Crippen LogP contribution in [0.3, 0.4) is 0 Å². The average Bonchev–Trinajstić information content (AvgIpc) is 2.64. The molecule has 6 heteroatoms. The number of likely N-dealkylation sites (N-methyl/N-ethyl adjacent to an activating group) is 1. The number of likely N-dealkylation sites (tertiary alicyclic amines) is 1. The van der Waals surface area contributed by atoms with E-state index < -0.39 is 5.97 Å². The first-order chi connectivity index (χ1) is 12.0. The predicted octanol–water partition coefficient (Wildman–Crippen LogP) is 2.51. The van der Waals surface area contributed by atoms with Crippen LogP contribution in [-0.2, 0) is 14.3 Å². The van der Waals surface area contributed by atoms with Crippen LogP contribution in [0.2, 0.25) is 0 Å². The van der Waals surface area contributed by atoms with Gasteiger partial charge in [-0.3, -0.25) is 14.5 Å². The Balaban J connectivity index is 1.83. The van der Waals surface area contributed by atoms with Crippen molar-refractivity contribution in [3.05, 3.63) is 0 Å². The fourth-order valence-corrected chi connectivity index (χ4v) is 4.09. The lowest BCUT2D eigenvalue weighted by molar-refractivity contribution is -0.151. The van der Waals surface area contributed by atoms with Gasteiger partial charge in [0.25, 0.3) is 5.91 Å². The molecule has 1 aliphatic carbocycles. The number of aliphatic carboxylic acids is 1. The average molecular weight is 354 g/mol. The van der Waals surface area contributed by atoms with Gasteiger partial charge in [-0.15, -0.1) is 0 Å². The summed E-state index contributed by atoms with van der Waals surface area (Å²) in [6.07, 6.45) is 8.16. The molecule has 1 saturated heterocycles. The highest BCUT2D eigenvalue weighted by atomic mass is 16.5. The number of hydrogen-bond acceptors (Lipinski definition) is 4. The predicted molar refractivity (Wildman–Crippen MR) is 96.5 cm³/mol. The molecular weight excluding hydrogens is 320 g/mol. The van der Waals surface area contributed by atoms with Gasteiger partial charge in [0, 0.05) is 19.1 Å². The van der Waals surface area contributed by atoms with Gasteiger partial charge in [-0.1, -0.05) is 33.1 Å². The smallest absolute Gasteiger partial charge is 0.317 e. The third-order valence-electron chi connectivity index (χ3n) is 5.59. The maximum atomic E-state index is 12.8. The third-order valence-corrected chi connectivity index (χ3v) is 5.59. The van der Waals surface area contributed by atoms with Crippen LogP contribution >= 0.6 is 0 Å². The van der Waals surface area contributed by atoms with Crippen LogP contribution in [0.15, 0.2) is 0 Å². The highest BCUT2D eigenvalue weighted by Gasteiger charge is 2.31. The molecule has 1 unspecified atom stereocenters. The quantitative estimate of drug-likeness (QED) is 0.725. The Hall–Kier alpha value is -1.14. The number of carboxylic acid groups (broad SMARTS) is 1. The van der Waals surface area contributed by atoms with Crippen LogP contribution in [0.1, 0.15) is 65.2 Å². The summed E-state index contributed by atoms with van der Waals surface area (Å²) in [7, 11) is 0. The highest BCUT2D eigenvalue weighted by molar-refractivity contribution is 5.81. The molecule has 0 spiro atoms. The first-order valence-electron chi connectivity index (χ1n) is 9.95. The van der Waals surface area contributed by atoms with Gasteiger partial charge in [-0.05, 0) is 38.6 Å². The van der Waals surface area contributed by atoms with E-state index in [0.29, 0.717) is 13.1 Å². The molecule has 0 aromatic rings. The largest absolute Gasteiger partial charge is 0.480 e. The Morgan fingerprint density at radius 1 is 1.12 bits per heavy atom. The van der Waals surface area contributed by atoms with Gasteiger partial charge in [-0.25, -0.2) is 0 Å². The summed E-state index contributed by atoms with van der Waals surface area (Å²) in [5.41, 5.74) is 0. The van der Waals surface area contributed by atoms with Crippen LogP contribution in [-0.4, -0.2) is 71.2 Å². The van der Waals surface area contributed by atoms with E-state index in [1.807, 2.05) is 23.6 Å². The minimum atomic E-state index is -0.785. The van der Waals surface area contributed by atoms with Crippen molar-refractivity contribution in [3.8, 4) is 0 Å². The van der Waals surface area contributed by atoms with Crippen LogP contribution in [0, 0.1) is 0 Å². The normalized spacial score (nSPS) is 21.5. The number of amides is 1. The highest BCUT2D eigenvalue weighted by Crippen LogP contribution is 2.24. The number of carboxylic acids is 1. The van der Waals surface area contributed by atoms with Crippen LogP contribution in [0.25, 0.3) is 0 Å². The molecule has 0 bridgehead atoms. The number of rotatable bonds is 8. The second-order valence-corrected chi connectivity index (χ2v) is 7.31. The molecule has 0 aromatic carbocycles. The van der Waals surface area contributed by atoms with Gasteiger partial charge in [0.05, 0.1) is 12.6 Å². The molecule has 1 atom stereocenters. The van der Waals surface area contributed by atoms with Gasteiger partial charge in [0.2, 0.25) is 0 Å². The zero-order valence-electron chi connectivity index (χ0n) is 15.8. The number of nitrogens with zero attached hydrogens (tertiary/aromatic N) is 2. The van der Waals surface area contributed by atoms with Crippen molar-refractivity contribution in [2.45, 2.75) is 83.5 Å². The summed E-state index contributed by atoms with van der Waals surface area (Å²) in [6, 6.07) is 0.254. The van der Waals surface area contributed by atoms with Crippen LogP contribution in [0.5, 0.6) is 0 Å². The standard InChI is InChI=1S/C19H34N2O4/c1-3-17(25-16-8-6-5-7-9-16)19(24)21-12-10-15(11-13-21)20(4-2)14-18(22)23/h15-17H,3-14H2,1-2H3,(H,22,23). The summed E-state index contributed by atoms with van der Waals surface area (Å²) in [5.74, 6) is -0.667. The third kappa shape index (κ3) is 5.96. The summed E-state index contributed by atoms with van der Waals surface area (Å²) < 4.78 is 6.12. The number of ether oxygens (including phenoxy) is 1. The molecular formula is C19H34N2O4. The molecule has 25 heavy (non-hydrogen) atoms. The summed E-state index contributed by atoms with van der Waals surface area (Å²) in [4.78, 5) is 27.7. The Morgan fingerprint density at radius 3 is 2.28 bits per heavy atom. The minimum absolute atomic E-state index is 0.0808. The Labute approximate surface area is 151 Å². The van der Waals surface area contributed by atoms with Gasteiger partial charge in [0.15, 0.2) is 0 Å². The molecule has 144 valence electrons. The zero-order valence-corrected chi connectivity index (χ0v) is 15.8. The van der Waals surface area contributed by atoms with E-state index in [1.54, 1.807) is 0 Å². The number of piperidine rings is 1. The second-order valence-electron chi connectivity index (χ2n) is 7.31. The van der Waals surface area contributed by atoms with E-state index in [4.69, 9.17) is 9.84 Å². The van der Waals surface area contributed by atoms with Crippen molar-refractivity contribution in [1.82, 2.24) is 9.80 Å². The Bertz CT molecular complexity index is 429. The Morgan fingerprint density at radius 2 is 1.76 bits per heavy atom. The molecule has 2 rings (SSSR count). The van der Waals surface area contributed by atoms with Gasteiger partial charge < -0.3 is 14.7 Å². The van der Waals surface area contributed by atoms with E-state index in [-0.39, 0.29) is 30.7 Å². The topological polar surface area (TPSA) is 70.1 Å². The lowest BCUT2D eigenvalue weighted by atomic mass is 9.97. The Kier molecular flexibility index (Phi) is 8.16. The fourth-order valence-electron chi connectivity index (χ4n) is 4.09. The zero-order chi connectivity index (χ0) is 18.2. The minimum Gasteiger partial charge on any atom is -0.480 e. The number of hydrogen-bond donors (Lipinski definition) is 1. The van der Waals surface area contributed by atoms with Crippen molar-refractivity contribution in [1.29, 1.82) is 0 Å². The van der Waals surface area contributed by atoms with Crippen molar-refractivity contribution in [2.24, 2.45) is 0 Å². The molecule has 0 aromatic heterocycles. The maximum Gasteiger partial charge on any atom is 0.317 e. The van der Waals surface area contributed by atoms with Gasteiger partial charge in [0.1, 0.15) is 6.10 Å². The van der Waals surface area contributed by atoms with Gasteiger partial charge >= 0.3 is 5.97 Å². The molecule has 1 aliphatic heterocycles. The molecule has 2 fully saturated rings. The first-order valence-corrected chi connectivity index (χ1v) is 9.95.